The fourth-order valence-electron chi connectivity index (χ4n) is 2.21. The van der Waals surface area contributed by atoms with Crippen molar-refractivity contribution in [3.05, 3.63) is 52.3 Å². The van der Waals surface area contributed by atoms with E-state index < -0.39 is 0 Å². The molecule has 1 aliphatic rings. The van der Waals surface area contributed by atoms with Crippen molar-refractivity contribution < 1.29 is 9.47 Å². The van der Waals surface area contributed by atoms with Crippen LogP contribution in [0.4, 0.5) is 0 Å². The predicted octanol–water partition coefficient (Wildman–Crippen LogP) is 2.84. The fourth-order valence-corrected chi connectivity index (χ4v) is 2.81. The number of fused-ring (bicyclic) bond motifs is 1. The molecule has 0 saturated carbocycles. The normalized spacial score (nSPS) is 12.6. The summed E-state index contributed by atoms with van der Waals surface area (Å²) in [5.41, 5.74) is 7.90. The van der Waals surface area contributed by atoms with Crippen molar-refractivity contribution in [1.82, 2.24) is 10.3 Å². The molecule has 6 nitrogen and oxygen atoms in total. The number of nitrogens with two attached hydrogens (primary N) is 1. The molecule has 0 unspecified atom stereocenters. The third kappa shape index (κ3) is 4.97. The molecule has 2 aromatic rings. The van der Waals surface area contributed by atoms with Crippen molar-refractivity contribution >= 4 is 45.9 Å². The summed E-state index contributed by atoms with van der Waals surface area (Å²) in [4.78, 5) is 8.60. The van der Waals surface area contributed by atoms with Gasteiger partial charge in [0.15, 0.2) is 17.5 Å². The number of aliphatic imine (C=N–C) groups is 1. The maximum atomic E-state index is 5.89. The van der Waals surface area contributed by atoms with Crippen LogP contribution in [-0.4, -0.2) is 24.3 Å². The van der Waals surface area contributed by atoms with Crippen LogP contribution in [0.1, 0.15) is 11.3 Å². The van der Waals surface area contributed by atoms with Gasteiger partial charge in [-0.2, -0.15) is 0 Å². The second-order valence-corrected chi connectivity index (χ2v) is 5.87. The minimum Gasteiger partial charge on any atom is -0.454 e. The van der Waals surface area contributed by atoms with Crippen LogP contribution < -0.4 is 20.5 Å². The van der Waals surface area contributed by atoms with Crippen LogP contribution in [0, 0.1) is 0 Å². The lowest BCUT2D eigenvalue weighted by molar-refractivity contribution is 0.173. The molecular weight excluding hydrogens is 487 g/mol. The van der Waals surface area contributed by atoms with Crippen LogP contribution in [0.2, 0.25) is 0 Å². The summed E-state index contributed by atoms with van der Waals surface area (Å²) in [6.07, 6.45) is 2.58. The number of pyridine rings is 1. The summed E-state index contributed by atoms with van der Waals surface area (Å²) in [6, 6.07) is 9.72. The van der Waals surface area contributed by atoms with Gasteiger partial charge in [0.05, 0.1) is 11.0 Å². The molecule has 128 valence electrons. The molecule has 0 fully saturated rings. The highest BCUT2D eigenvalue weighted by atomic mass is 127. The van der Waals surface area contributed by atoms with Crippen molar-refractivity contribution in [1.29, 1.82) is 0 Å². The minimum atomic E-state index is 0. The standard InChI is InChI=1S/C16H17BrN4O2.HI/c17-13-7-11(8-14-15(13)23-10-22-14)9-21-16(18)20-6-4-12-3-1-2-5-19-12;/h1-3,5,7-8H,4,6,9-10H2,(H3,18,20,21);1H. The summed E-state index contributed by atoms with van der Waals surface area (Å²) in [5, 5.41) is 3.09. The number of aromatic nitrogens is 1. The van der Waals surface area contributed by atoms with Crippen molar-refractivity contribution in [2.24, 2.45) is 10.7 Å². The zero-order chi connectivity index (χ0) is 16.1. The second kappa shape index (κ2) is 9.07. The molecule has 8 heteroatoms. The van der Waals surface area contributed by atoms with E-state index in [9.17, 15) is 0 Å². The van der Waals surface area contributed by atoms with Crippen molar-refractivity contribution in [2.45, 2.75) is 13.0 Å². The SMILES string of the molecule is I.NC(=NCc1cc(Br)c2c(c1)OCO2)NCCc1ccccn1. The van der Waals surface area contributed by atoms with Crippen molar-refractivity contribution in [3.8, 4) is 11.5 Å². The number of benzene rings is 1. The molecule has 0 atom stereocenters. The molecule has 3 rings (SSSR count). The number of nitrogens with one attached hydrogen (secondary N) is 1. The third-order valence-corrected chi connectivity index (χ3v) is 3.92. The Hall–Kier alpha value is -1.55. The Morgan fingerprint density at radius 3 is 3.00 bits per heavy atom. The summed E-state index contributed by atoms with van der Waals surface area (Å²) < 4.78 is 11.6. The van der Waals surface area contributed by atoms with Crippen LogP contribution >= 0.6 is 39.9 Å². The minimum absolute atomic E-state index is 0. The number of halogens is 2. The van der Waals surface area contributed by atoms with Crippen LogP contribution in [0.3, 0.4) is 0 Å². The molecule has 0 bridgehead atoms. The summed E-state index contributed by atoms with van der Waals surface area (Å²) in [6.45, 7) is 1.41. The van der Waals surface area contributed by atoms with Gasteiger partial charge in [0.2, 0.25) is 6.79 Å². The quantitative estimate of drug-likeness (QED) is 0.372. The molecule has 2 heterocycles. The van der Waals surface area contributed by atoms with Gasteiger partial charge >= 0.3 is 0 Å². The van der Waals surface area contributed by atoms with Gasteiger partial charge < -0.3 is 20.5 Å². The highest BCUT2D eigenvalue weighted by Gasteiger charge is 2.17. The molecule has 0 aliphatic carbocycles. The number of ether oxygens (including phenoxy) is 2. The van der Waals surface area contributed by atoms with Crippen LogP contribution in [0.15, 0.2) is 46.0 Å². The van der Waals surface area contributed by atoms with Gasteiger partial charge in [-0.1, -0.05) is 6.07 Å². The van der Waals surface area contributed by atoms with Crippen LogP contribution in [0.5, 0.6) is 11.5 Å². The van der Waals surface area contributed by atoms with E-state index in [1.54, 1.807) is 6.20 Å². The number of hydrogen-bond donors (Lipinski definition) is 2. The Kier molecular flexibility index (Phi) is 7.10. The predicted molar refractivity (Wildman–Crippen MR) is 107 cm³/mol. The Bertz CT molecular complexity index is 713. The first kappa shape index (κ1) is 18.8. The first-order valence-electron chi connectivity index (χ1n) is 7.24. The number of hydrogen-bond acceptors (Lipinski definition) is 4. The Labute approximate surface area is 166 Å². The monoisotopic (exact) mass is 504 g/mol. The zero-order valence-electron chi connectivity index (χ0n) is 12.9. The lowest BCUT2D eigenvalue weighted by Crippen LogP contribution is -2.33. The number of nitrogens with zero attached hydrogens (tertiary/aromatic N) is 2. The lowest BCUT2D eigenvalue weighted by atomic mass is 10.2. The van der Waals surface area contributed by atoms with Gasteiger partial charge in [0.25, 0.3) is 0 Å². The van der Waals surface area contributed by atoms with Gasteiger partial charge in [-0.05, 0) is 45.8 Å². The summed E-state index contributed by atoms with van der Waals surface area (Å²) >= 11 is 3.47. The summed E-state index contributed by atoms with van der Waals surface area (Å²) in [7, 11) is 0. The molecule has 1 aromatic heterocycles. The number of rotatable bonds is 5. The first-order valence-corrected chi connectivity index (χ1v) is 8.03. The molecule has 3 N–H and O–H groups in total. The average Bonchev–Trinajstić information content (AvgIpc) is 3.03. The van der Waals surface area contributed by atoms with E-state index in [4.69, 9.17) is 15.2 Å². The van der Waals surface area contributed by atoms with E-state index in [-0.39, 0.29) is 30.8 Å². The molecular formula is C16H18BrIN4O2. The second-order valence-electron chi connectivity index (χ2n) is 5.01. The Balaban J connectivity index is 0.00000208. The van der Waals surface area contributed by atoms with E-state index in [2.05, 4.69) is 31.2 Å². The lowest BCUT2D eigenvalue weighted by Gasteiger charge is -2.06. The van der Waals surface area contributed by atoms with Gasteiger partial charge in [-0.15, -0.1) is 24.0 Å². The Morgan fingerprint density at radius 1 is 1.33 bits per heavy atom. The molecule has 24 heavy (non-hydrogen) atoms. The van der Waals surface area contributed by atoms with Crippen LogP contribution in [-0.2, 0) is 13.0 Å². The largest absolute Gasteiger partial charge is 0.454 e. The van der Waals surface area contributed by atoms with E-state index in [1.165, 1.54) is 0 Å². The zero-order valence-corrected chi connectivity index (χ0v) is 16.8. The molecule has 1 aromatic carbocycles. The molecule has 0 spiro atoms. The Morgan fingerprint density at radius 2 is 2.21 bits per heavy atom. The van der Waals surface area contributed by atoms with Crippen LogP contribution in [0.25, 0.3) is 0 Å². The number of guanidine groups is 1. The highest BCUT2D eigenvalue weighted by molar-refractivity contribution is 14.0. The van der Waals surface area contributed by atoms with Crippen molar-refractivity contribution in [3.63, 3.8) is 0 Å². The third-order valence-electron chi connectivity index (χ3n) is 3.33. The van der Waals surface area contributed by atoms with Gasteiger partial charge in [-0.25, -0.2) is 4.99 Å². The van der Waals surface area contributed by atoms with E-state index in [0.29, 0.717) is 19.0 Å². The maximum Gasteiger partial charge on any atom is 0.231 e. The van der Waals surface area contributed by atoms with E-state index in [0.717, 1.165) is 33.6 Å². The topological polar surface area (TPSA) is 81.8 Å². The molecule has 0 amide bonds. The smallest absolute Gasteiger partial charge is 0.231 e. The highest BCUT2D eigenvalue weighted by Crippen LogP contribution is 2.40. The average molecular weight is 505 g/mol. The summed E-state index contributed by atoms with van der Waals surface area (Å²) in [5.74, 6) is 1.88. The van der Waals surface area contributed by atoms with Gasteiger partial charge in [0, 0.05) is 24.9 Å². The molecule has 1 aliphatic heterocycles. The van der Waals surface area contributed by atoms with Crippen molar-refractivity contribution in [2.75, 3.05) is 13.3 Å². The maximum absolute atomic E-state index is 5.89. The van der Waals surface area contributed by atoms with E-state index >= 15 is 0 Å². The molecule has 0 saturated heterocycles. The fraction of sp³-hybridized carbons (Fsp3) is 0.250. The van der Waals surface area contributed by atoms with Gasteiger partial charge in [-0.3, -0.25) is 4.98 Å². The van der Waals surface area contributed by atoms with E-state index in [1.807, 2.05) is 30.3 Å². The first-order chi connectivity index (χ1) is 11.2. The molecule has 0 radical (unpaired) electrons. The van der Waals surface area contributed by atoms with Gasteiger partial charge in [0.1, 0.15) is 0 Å².